The maximum atomic E-state index is 12.8. The van der Waals surface area contributed by atoms with E-state index in [2.05, 4.69) is 142 Å². The van der Waals surface area contributed by atoms with Gasteiger partial charge in [0.15, 0.2) is 6.10 Å². The molecule has 0 aromatic carbocycles. The normalized spacial score (nSPS) is 13.1. The van der Waals surface area contributed by atoms with Gasteiger partial charge in [0, 0.05) is 19.3 Å². The molecule has 1 atom stereocenters. The monoisotopic (exact) mass is 953 g/mol. The van der Waals surface area contributed by atoms with Gasteiger partial charge in [0.2, 0.25) is 0 Å². The fraction of sp³-hybridized carbons (Fsp3) is 0.603. The zero-order valence-electron chi connectivity index (χ0n) is 44.3. The zero-order valence-corrected chi connectivity index (χ0v) is 44.3. The minimum absolute atomic E-state index is 0.128. The summed E-state index contributed by atoms with van der Waals surface area (Å²) in [6, 6.07) is 0. The van der Waals surface area contributed by atoms with Crippen LogP contribution in [-0.4, -0.2) is 37.2 Å². The van der Waals surface area contributed by atoms with E-state index in [9.17, 15) is 14.4 Å². The molecule has 0 aromatic rings. The van der Waals surface area contributed by atoms with Gasteiger partial charge in [0.05, 0.1) is 0 Å². The summed E-state index contributed by atoms with van der Waals surface area (Å²) in [5.41, 5.74) is 0. The number of hydrogen-bond donors (Lipinski definition) is 0. The van der Waals surface area contributed by atoms with Crippen LogP contribution < -0.4 is 0 Å². The average Bonchev–Trinajstić information content (AvgIpc) is 3.35. The van der Waals surface area contributed by atoms with Gasteiger partial charge in [0.25, 0.3) is 0 Å². The Hall–Kier alpha value is -4.45. The first-order chi connectivity index (χ1) is 34.0. The molecule has 0 heterocycles. The number of allylic oxidation sites excluding steroid dienone is 22. The number of unbranched alkanes of at least 4 members (excludes halogenated alkanes) is 15. The van der Waals surface area contributed by atoms with E-state index >= 15 is 0 Å². The van der Waals surface area contributed by atoms with E-state index in [0.29, 0.717) is 19.3 Å². The van der Waals surface area contributed by atoms with E-state index in [1.54, 1.807) is 0 Å². The highest BCUT2D eigenvalue weighted by molar-refractivity contribution is 5.71. The van der Waals surface area contributed by atoms with Gasteiger partial charge in [-0.3, -0.25) is 14.4 Å². The zero-order chi connectivity index (χ0) is 50.0. The van der Waals surface area contributed by atoms with Gasteiger partial charge in [-0.25, -0.2) is 0 Å². The molecule has 0 N–H and O–H groups in total. The molecule has 0 aliphatic heterocycles. The van der Waals surface area contributed by atoms with Gasteiger partial charge < -0.3 is 14.2 Å². The molecule has 0 aliphatic rings. The van der Waals surface area contributed by atoms with Crippen LogP contribution in [0, 0.1) is 0 Å². The summed E-state index contributed by atoms with van der Waals surface area (Å²) in [6.07, 6.45) is 78.8. The SMILES string of the molecule is CC/C=C\C/C=C\C/C=C\C/C=C\C/C=C\C/C=C\CCC(=O)O[C@H](COC(=O)CCC/C=C\C/C=C\C/C=C\C/C=C\C/C=C\CC)COC(=O)CCCCCCCCCCCCCCCCC. The molecule has 0 aromatic heterocycles. The first-order valence-electron chi connectivity index (χ1n) is 27.7. The van der Waals surface area contributed by atoms with Crippen molar-refractivity contribution in [3.63, 3.8) is 0 Å². The Bertz CT molecular complexity index is 1510. The molecule has 0 aliphatic carbocycles. The van der Waals surface area contributed by atoms with Crippen molar-refractivity contribution >= 4 is 17.9 Å². The summed E-state index contributed by atoms with van der Waals surface area (Å²) < 4.78 is 16.7. The Morgan fingerprint density at radius 2 is 0.594 bits per heavy atom. The number of carbonyl (C=O) groups excluding carboxylic acids is 3. The van der Waals surface area contributed by atoms with E-state index in [4.69, 9.17) is 14.2 Å². The number of ether oxygens (including phenoxy) is 3. The second-order valence-electron chi connectivity index (χ2n) is 17.7. The van der Waals surface area contributed by atoms with E-state index in [0.717, 1.165) is 96.3 Å². The highest BCUT2D eigenvalue weighted by Crippen LogP contribution is 2.14. The van der Waals surface area contributed by atoms with Crippen LogP contribution in [0.5, 0.6) is 0 Å². The van der Waals surface area contributed by atoms with Crippen molar-refractivity contribution in [2.24, 2.45) is 0 Å². The molecule has 0 amide bonds. The number of rotatable bonds is 48. The van der Waals surface area contributed by atoms with E-state index in [-0.39, 0.29) is 38.0 Å². The lowest BCUT2D eigenvalue weighted by Gasteiger charge is -2.18. The summed E-state index contributed by atoms with van der Waals surface area (Å²) in [4.78, 5) is 38.1. The number of hydrogen-bond acceptors (Lipinski definition) is 6. The third kappa shape index (κ3) is 54.4. The average molecular weight is 953 g/mol. The van der Waals surface area contributed by atoms with Gasteiger partial charge in [-0.2, -0.15) is 0 Å². The second-order valence-corrected chi connectivity index (χ2v) is 17.7. The molecule has 0 saturated heterocycles. The standard InChI is InChI=1S/C63H100O6/c1-4-7-10-13-16-19-22-25-28-30-31-33-36-39-42-45-48-51-54-57-63(66)69-60(58-67-61(64)55-52-49-46-43-40-37-34-27-24-21-18-15-12-9-6-3)59-68-62(65)56-53-50-47-44-41-38-35-32-29-26-23-20-17-14-11-8-5-2/h7-8,10-11,16-17,19-20,25-26,28-29,31,33,35,38-39,42,44,47-48,51,60H,4-6,9,12-15,18,21-24,27,30,32,34,36-37,40-41,43,45-46,49-50,52-59H2,1-3H3/b10-7-,11-8-,19-16-,20-17-,28-25-,29-26-,33-31-,38-35-,42-39-,47-44-,51-48-/t60-/m0/s1. The van der Waals surface area contributed by atoms with Crippen molar-refractivity contribution in [3.05, 3.63) is 134 Å². The van der Waals surface area contributed by atoms with E-state index in [1.165, 1.54) is 77.0 Å². The van der Waals surface area contributed by atoms with Crippen LogP contribution in [-0.2, 0) is 28.6 Å². The van der Waals surface area contributed by atoms with E-state index < -0.39 is 12.1 Å². The quantitative estimate of drug-likeness (QED) is 0.0262. The van der Waals surface area contributed by atoms with Crippen LogP contribution in [0.3, 0.4) is 0 Å². The van der Waals surface area contributed by atoms with Crippen molar-refractivity contribution in [1.82, 2.24) is 0 Å². The highest BCUT2D eigenvalue weighted by Gasteiger charge is 2.19. The third-order valence-corrected chi connectivity index (χ3v) is 11.2. The first kappa shape index (κ1) is 64.5. The highest BCUT2D eigenvalue weighted by atomic mass is 16.6. The lowest BCUT2D eigenvalue weighted by Crippen LogP contribution is -2.30. The topological polar surface area (TPSA) is 78.9 Å². The molecule has 6 heteroatoms. The minimum Gasteiger partial charge on any atom is -0.462 e. The van der Waals surface area contributed by atoms with Crippen molar-refractivity contribution in [1.29, 1.82) is 0 Å². The third-order valence-electron chi connectivity index (χ3n) is 11.2. The number of carbonyl (C=O) groups is 3. The molecule has 6 nitrogen and oxygen atoms in total. The van der Waals surface area contributed by atoms with Crippen LogP contribution in [0.4, 0.5) is 0 Å². The Balaban J connectivity index is 4.61. The number of esters is 3. The van der Waals surface area contributed by atoms with Crippen LogP contribution >= 0.6 is 0 Å². The predicted molar refractivity (Wildman–Crippen MR) is 297 cm³/mol. The second kappa shape index (κ2) is 56.1. The molecule has 388 valence electrons. The molecule has 0 unspecified atom stereocenters. The molecule has 0 rings (SSSR count). The van der Waals surface area contributed by atoms with Gasteiger partial charge in [0.1, 0.15) is 13.2 Å². The lowest BCUT2D eigenvalue weighted by atomic mass is 10.0. The molecule has 0 radical (unpaired) electrons. The Morgan fingerprint density at radius 3 is 0.942 bits per heavy atom. The molecular formula is C63H100O6. The lowest BCUT2D eigenvalue weighted by molar-refractivity contribution is -0.166. The molecule has 0 fully saturated rings. The minimum atomic E-state index is -0.845. The van der Waals surface area contributed by atoms with Crippen LogP contribution in [0.2, 0.25) is 0 Å². The fourth-order valence-electron chi connectivity index (χ4n) is 7.09. The summed E-state index contributed by atoms with van der Waals surface area (Å²) in [5, 5.41) is 0. The van der Waals surface area contributed by atoms with Crippen molar-refractivity contribution in [2.45, 2.75) is 232 Å². The van der Waals surface area contributed by atoms with Gasteiger partial charge >= 0.3 is 17.9 Å². The Morgan fingerprint density at radius 1 is 0.304 bits per heavy atom. The first-order valence-corrected chi connectivity index (χ1v) is 27.7. The van der Waals surface area contributed by atoms with Crippen molar-refractivity contribution in [2.75, 3.05) is 13.2 Å². The van der Waals surface area contributed by atoms with E-state index in [1.807, 2.05) is 12.2 Å². The molecule has 0 spiro atoms. The molecule has 0 saturated carbocycles. The van der Waals surface area contributed by atoms with Gasteiger partial charge in [-0.1, -0.05) is 244 Å². The predicted octanol–water partition coefficient (Wildman–Crippen LogP) is 18.6. The molecule has 69 heavy (non-hydrogen) atoms. The van der Waals surface area contributed by atoms with Gasteiger partial charge in [-0.05, 0) is 96.3 Å². The molecule has 0 bridgehead atoms. The van der Waals surface area contributed by atoms with Crippen molar-refractivity contribution in [3.8, 4) is 0 Å². The van der Waals surface area contributed by atoms with Crippen LogP contribution in [0.15, 0.2) is 134 Å². The summed E-state index contributed by atoms with van der Waals surface area (Å²) >= 11 is 0. The van der Waals surface area contributed by atoms with Crippen molar-refractivity contribution < 1.29 is 28.6 Å². The summed E-state index contributed by atoms with van der Waals surface area (Å²) in [7, 11) is 0. The van der Waals surface area contributed by atoms with Crippen LogP contribution in [0.25, 0.3) is 0 Å². The maximum absolute atomic E-state index is 12.8. The van der Waals surface area contributed by atoms with Crippen LogP contribution in [0.1, 0.15) is 226 Å². The summed E-state index contributed by atoms with van der Waals surface area (Å²) in [6.45, 7) is 6.29. The Kier molecular flexibility index (Phi) is 52.5. The fourth-order valence-corrected chi connectivity index (χ4v) is 7.09. The smallest absolute Gasteiger partial charge is 0.306 e. The summed E-state index contributed by atoms with van der Waals surface area (Å²) in [5.74, 6) is -1.08. The molecular weight excluding hydrogens is 853 g/mol. The Labute approximate surface area is 424 Å². The largest absolute Gasteiger partial charge is 0.462 e. The maximum Gasteiger partial charge on any atom is 0.306 e. The van der Waals surface area contributed by atoms with Gasteiger partial charge in [-0.15, -0.1) is 0 Å².